The Labute approximate surface area is 192 Å². The molecule has 10 heteroatoms. The van der Waals surface area contributed by atoms with Crippen LogP contribution in [0.25, 0.3) is 0 Å². The third kappa shape index (κ3) is 10.5. The summed E-state index contributed by atoms with van der Waals surface area (Å²) in [6, 6.07) is 7.18. The summed E-state index contributed by atoms with van der Waals surface area (Å²) < 4.78 is 41.2. The fourth-order valence-electron chi connectivity index (χ4n) is 3.03. The number of likely N-dealkylation sites (tertiary alicyclic amines) is 1. The van der Waals surface area contributed by atoms with Crippen LogP contribution in [0, 0.1) is 0 Å². The highest BCUT2D eigenvalue weighted by Gasteiger charge is 2.27. The first-order chi connectivity index (χ1) is 13.9. The molecule has 0 bridgehead atoms. The van der Waals surface area contributed by atoms with Crippen molar-refractivity contribution in [2.45, 2.75) is 45.5 Å². The van der Waals surface area contributed by atoms with Crippen LogP contribution in [-0.4, -0.2) is 55.7 Å². The summed E-state index contributed by atoms with van der Waals surface area (Å²) in [4.78, 5) is 18.0. The van der Waals surface area contributed by atoms with E-state index in [1.807, 2.05) is 17.9 Å². The lowest BCUT2D eigenvalue weighted by atomic mass is 10.1. The third-order valence-electron chi connectivity index (χ3n) is 4.36. The molecule has 2 N–H and O–H groups in total. The number of carbonyl (C=O) groups is 1. The molecule has 1 saturated heterocycles. The van der Waals surface area contributed by atoms with Gasteiger partial charge in [0.1, 0.15) is 6.61 Å². The minimum absolute atomic E-state index is 0. The molecule has 0 aliphatic carbocycles. The van der Waals surface area contributed by atoms with E-state index in [-0.39, 0.29) is 36.5 Å². The van der Waals surface area contributed by atoms with Crippen LogP contribution in [0.2, 0.25) is 0 Å². The molecule has 0 radical (unpaired) electrons. The number of guanidine groups is 1. The molecule has 1 aliphatic rings. The number of hydrogen-bond donors (Lipinski definition) is 2. The van der Waals surface area contributed by atoms with E-state index in [4.69, 9.17) is 4.74 Å². The number of carbonyl (C=O) groups excluding carboxylic acids is 1. The Kier molecular flexibility index (Phi) is 12.1. The summed E-state index contributed by atoms with van der Waals surface area (Å²) in [5.41, 5.74) is 1.56. The van der Waals surface area contributed by atoms with Gasteiger partial charge in [-0.2, -0.15) is 13.2 Å². The average Bonchev–Trinajstić information content (AvgIpc) is 3.07. The lowest BCUT2D eigenvalue weighted by Gasteiger charge is -2.16. The molecule has 1 aliphatic heterocycles. The number of amides is 1. The molecular weight excluding hydrogens is 512 g/mol. The molecule has 0 atom stereocenters. The fraction of sp³-hybridized carbons (Fsp3) is 0.600. The van der Waals surface area contributed by atoms with Crippen molar-refractivity contribution in [2.24, 2.45) is 4.99 Å². The second-order valence-corrected chi connectivity index (χ2v) is 6.89. The van der Waals surface area contributed by atoms with Crippen molar-refractivity contribution >= 4 is 35.8 Å². The maximum atomic E-state index is 12.2. The molecule has 0 unspecified atom stereocenters. The van der Waals surface area contributed by atoms with Gasteiger partial charge in [-0.3, -0.25) is 4.79 Å². The molecule has 0 spiro atoms. The maximum absolute atomic E-state index is 12.2. The van der Waals surface area contributed by atoms with Crippen LogP contribution >= 0.6 is 24.0 Å². The summed E-state index contributed by atoms with van der Waals surface area (Å²) in [6.07, 6.45) is -1.90. The van der Waals surface area contributed by atoms with Crippen LogP contribution in [0.1, 0.15) is 37.3 Å². The van der Waals surface area contributed by atoms with Gasteiger partial charge in [0.15, 0.2) is 5.96 Å². The molecule has 1 amide bonds. The van der Waals surface area contributed by atoms with E-state index >= 15 is 0 Å². The van der Waals surface area contributed by atoms with Crippen LogP contribution < -0.4 is 10.6 Å². The first-order valence-corrected chi connectivity index (χ1v) is 9.89. The normalized spacial score (nSPS) is 14.6. The number of nitrogens with zero attached hydrogens (tertiary/aromatic N) is 2. The minimum atomic E-state index is -4.32. The molecule has 6 nitrogen and oxygen atoms in total. The summed E-state index contributed by atoms with van der Waals surface area (Å²) in [5, 5.41) is 6.41. The zero-order valence-electron chi connectivity index (χ0n) is 17.1. The van der Waals surface area contributed by atoms with Crippen LogP contribution in [-0.2, 0) is 22.7 Å². The van der Waals surface area contributed by atoms with Crippen LogP contribution in [0.3, 0.4) is 0 Å². The highest BCUT2D eigenvalue weighted by atomic mass is 127. The number of rotatable bonds is 10. The lowest BCUT2D eigenvalue weighted by Crippen LogP contribution is -2.39. The zero-order valence-corrected chi connectivity index (χ0v) is 19.5. The topological polar surface area (TPSA) is 66.0 Å². The lowest BCUT2D eigenvalue weighted by molar-refractivity contribution is -0.176. The van der Waals surface area contributed by atoms with Gasteiger partial charge in [-0.1, -0.05) is 24.3 Å². The number of aliphatic imine (C=N–C) groups is 1. The highest BCUT2D eigenvalue weighted by molar-refractivity contribution is 14.0. The first-order valence-electron chi connectivity index (χ1n) is 9.89. The Morgan fingerprint density at radius 3 is 2.70 bits per heavy atom. The Balaban J connectivity index is 0.00000450. The molecule has 2 rings (SSSR count). The first kappa shape index (κ1) is 26.5. The Morgan fingerprint density at radius 2 is 2.03 bits per heavy atom. The molecule has 1 heterocycles. The van der Waals surface area contributed by atoms with E-state index in [9.17, 15) is 18.0 Å². The number of alkyl halides is 3. The van der Waals surface area contributed by atoms with Gasteiger partial charge in [0.05, 0.1) is 13.2 Å². The molecule has 30 heavy (non-hydrogen) atoms. The Hall–Kier alpha value is -1.56. The third-order valence-corrected chi connectivity index (χ3v) is 4.36. The van der Waals surface area contributed by atoms with Crippen molar-refractivity contribution < 1.29 is 22.7 Å². The summed E-state index contributed by atoms with van der Waals surface area (Å²) in [7, 11) is 0. The predicted molar refractivity (Wildman–Crippen MR) is 121 cm³/mol. The quantitative estimate of drug-likeness (QED) is 0.206. The summed E-state index contributed by atoms with van der Waals surface area (Å²) in [6.45, 7) is 4.01. The maximum Gasteiger partial charge on any atom is 0.411 e. The largest absolute Gasteiger partial charge is 0.411 e. The summed E-state index contributed by atoms with van der Waals surface area (Å²) in [5.74, 6) is 0.892. The van der Waals surface area contributed by atoms with Gasteiger partial charge < -0.3 is 20.3 Å². The van der Waals surface area contributed by atoms with Crippen molar-refractivity contribution in [2.75, 3.05) is 32.8 Å². The summed E-state index contributed by atoms with van der Waals surface area (Å²) >= 11 is 0. The molecular formula is C20H30F3IN4O2. The van der Waals surface area contributed by atoms with Gasteiger partial charge >= 0.3 is 6.18 Å². The van der Waals surface area contributed by atoms with Crippen molar-refractivity contribution in [3.8, 4) is 0 Å². The number of nitrogens with one attached hydrogen (secondary N) is 2. The average molecular weight is 542 g/mol. The van der Waals surface area contributed by atoms with E-state index in [2.05, 4.69) is 15.6 Å². The predicted octanol–water partition coefficient (Wildman–Crippen LogP) is 3.45. The van der Waals surface area contributed by atoms with Gasteiger partial charge in [-0.25, -0.2) is 4.99 Å². The van der Waals surface area contributed by atoms with Crippen LogP contribution in [0.5, 0.6) is 0 Å². The van der Waals surface area contributed by atoms with Crippen molar-refractivity contribution in [3.63, 3.8) is 0 Å². The van der Waals surface area contributed by atoms with E-state index < -0.39 is 12.8 Å². The monoisotopic (exact) mass is 542 g/mol. The van der Waals surface area contributed by atoms with E-state index in [0.29, 0.717) is 37.6 Å². The van der Waals surface area contributed by atoms with Crippen LogP contribution in [0.15, 0.2) is 29.3 Å². The van der Waals surface area contributed by atoms with Gasteiger partial charge in [0.25, 0.3) is 0 Å². The number of benzene rings is 1. The number of halogens is 4. The molecule has 1 aromatic carbocycles. The Bertz CT molecular complexity index is 686. The molecule has 0 aromatic heterocycles. The zero-order chi connectivity index (χ0) is 21.1. The van der Waals surface area contributed by atoms with Gasteiger partial charge in [0.2, 0.25) is 5.91 Å². The van der Waals surface area contributed by atoms with Crippen molar-refractivity contribution in [3.05, 3.63) is 35.4 Å². The second-order valence-electron chi connectivity index (χ2n) is 6.89. The van der Waals surface area contributed by atoms with Crippen LogP contribution in [0.4, 0.5) is 13.2 Å². The SMILES string of the molecule is CCNC(=NCc1cccc(COCC(F)(F)F)c1)NCCCN1CCCC1=O.I. The van der Waals surface area contributed by atoms with E-state index in [1.165, 1.54) is 0 Å². The molecule has 0 saturated carbocycles. The Morgan fingerprint density at radius 1 is 1.27 bits per heavy atom. The van der Waals surface area contributed by atoms with E-state index in [1.54, 1.807) is 18.2 Å². The fourth-order valence-corrected chi connectivity index (χ4v) is 3.03. The molecule has 1 fully saturated rings. The molecule has 1 aromatic rings. The number of ether oxygens (including phenoxy) is 1. The van der Waals surface area contributed by atoms with Gasteiger partial charge in [0, 0.05) is 32.6 Å². The smallest absolute Gasteiger partial charge is 0.367 e. The van der Waals surface area contributed by atoms with E-state index in [0.717, 1.165) is 31.5 Å². The number of hydrogen-bond acceptors (Lipinski definition) is 3. The van der Waals surface area contributed by atoms with Crippen molar-refractivity contribution in [1.82, 2.24) is 15.5 Å². The highest BCUT2D eigenvalue weighted by Crippen LogP contribution is 2.16. The standard InChI is InChI=1S/C20H29F3N4O2.HI/c1-2-24-19(25-9-5-11-27-10-4-8-18(27)28)26-13-16-6-3-7-17(12-16)14-29-15-20(21,22)23;/h3,6-7,12H,2,4-5,8-11,13-15H2,1H3,(H2,24,25,26);1H. The minimum Gasteiger partial charge on any atom is -0.367 e. The van der Waals surface area contributed by atoms with Gasteiger partial charge in [-0.15, -0.1) is 24.0 Å². The second kappa shape index (κ2) is 13.7. The molecule has 170 valence electrons. The van der Waals surface area contributed by atoms with Gasteiger partial charge in [-0.05, 0) is 30.9 Å². The van der Waals surface area contributed by atoms with Crippen molar-refractivity contribution in [1.29, 1.82) is 0 Å².